The van der Waals surface area contributed by atoms with E-state index in [1.807, 2.05) is 0 Å². The van der Waals surface area contributed by atoms with E-state index < -0.39 is 6.10 Å². The van der Waals surface area contributed by atoms with Crippen LogP contribution in [-0.2, 0) is 15.9 Å². The topological polar surface area (TPSA) is 41.9 Å². The molecule has 0 radical (unpaired) electrons. The molecule has 1 N–H and O–H groups in total. The van der Waals surface area contributed by atoms with E-state index in [0.29, 0.717) is 18.6 Å². The third kappa shape index (κ3) is 4.62. The summed E-state index contributed by atoms with van der Waals surface area (Å²) in [7, 11) is 0. The number of rotatable bonds is 8. The second kappa shape index (κ2) is 8.17. The van der Waals surface area contributed by atoms with Gasteiger partial charge < -0.3 is 14.6 Å². The van der Waals surface area contributed by atoms with Crippen LogP contribution in [0.25, 0.3) is 0 Å². The molecule has 4 nitrogen and oxygen atoms in total. The Morgan fingerprint density at radius 2 is 2.08 bits per heavy atom. The minimum atomic E-state index is -0.406. The zero-order chi connectivity index (χ0) is 17.1. The third-order valence-electron chi connectivity index (χ3n) is 5.83. The number of aliphatic hydroxyl groups excluding tert-OH is 1. The van der Waals surface area contributed by atoms with Crippen LogP contribution in [-0.4, -0.2) is 55.1 Å². The third-order valence-corrected chi connectivity index (χ3v) is 5.83. The molecule has 0 aromatic heterocycles. The number of aliphatic hydroxyl groups is 1. The predicted octanol–water partition coefficient (Wildman–Crippen LogP) is 2.94. The summed E-state index contributed by atoms with van der Waals surface area (Å²) in [6, 6.07) is 9.26. The van der Waals surface area contributed by atoms with E-state index in [2.05, 4.69) is 29.2 Å². The molecular weight excluding hydrogens is 314 g/mol. The van der Waals surface area contributed by atoms with Gasteiger partial charge in [-0.3, -0.25) is 4.90 Å². The van der Waals surface area contributed by atoms with Crippen molar-refractivity contribution in [1.29, 1.82) is 0 Å². The molecule has 25 heavy (non-hydrogen) atoms. The molecule has 1 saturated carbocycles. The highest BCUT2D eigenvalue weighted by atomic mass is 16.5. The van der Waals surface area contributed by atoms with Gasteiger partial charge in [0.05, 0.1) is 25.4 Å². The summed E-state index contributed by atoms with van der Waals surface area (Å²) in [5.41, 5.74) is 2.73. The van der Waals surface area contributed by atoms with Crippen molar-refractivity contribution in [3.63, 3.8) is 0 Å². The Labute approximate surface area is 151 Å². The van der Waals surface area contributed by atoms with Crippen LogP contribution >= 0.6 is 0 Å². The summed E-state index contributed by atoms with van der Waals surface area (Å²) in [6.45, 7) is 4.01. The van der Waals surface area contributed by atoms with Gasteiger partial charge in [0.1, 0.15) is 0 Å². The number of hydrogen-bond donors (Lipinski definition) is 1. The fourth-order valence-electron chi connectivity index (χ4n) is 4.30. The highest BCUT2D eigenvalue weighted by Gasteiger charge is 2.33. The zero-order valence-corrected chi connectivity index (χ0v) is 15.1. The molecule has 3 aliphatic rings. The number of fused-ring (bicyclic) bond motifs is 1. The summed E-state index contributed by atoms with van der Waals surface area (Å²) >= 11 is 0. The van der Waals surface area contributed by atoms with E-state index in [9.17, 15) is 5.11 Å². The van der Waals surface area contributed by atoms with E-state index in [-0.39, 0.29) is 6.10 Å². The molecule has 0 spiro atoms. The quantitative estimate of drug-likeness (QED) is 0.787. The van der Waals surface area contributed by atoms with Gasteiger partial charge in [-0.15, -0.1) is 0 Å². The Morgan fingerprint density at radius 3 is 2.88 bits per heavy atom. The molecule has 1 saturated heterocycles. The second-order valence-electron chi connectivity index (χ2n) is 7.98. The second-order valence-corrected chi connectivity index (χ2v) is 7.98. The lowest BCUT2D eigenvalue weighted by Gasteiger charge is -2.29. The van der Waals surface area contributed by atoms with E-state index in [1.54, 1.807) is 0 Å². The van der Waals surface area contributed by atoms with Crippen molar-refractivity contribution < 1.29 is 14.6 Å². The maximum Gasteiger partial charge on any atom is 0.0900 e. The molecule has 1 aliphatic heterocycles. The van der Waals surface area contributed by atoms with Crippen LogP contribution < -0.4 is 0 Å². The van der Waals surface area contributed by atoms with Crippen molar-refractivity contribution in [3.05, 3.63) is 35.4 Å². The molecule has 4 rings (SSSR count). The van der Waals surface area contributed by atoms with Gasteiger partial charge in [-0.2, -0.15) is 0 Å². The number of ether oxygens (including phenoxy) is 2. The maximum atomic E-state index is 10.6. The molecule has 138 valence electrons. The standard InChI is InChI=1S/C21H31NO3/c23-19(13-22(18-8-9-18)12-16-10-11-24-14-16)15-25-21-7-3-5-17-4-1-2-6-20(17)21/h1-2,4,6,16,18-19,21,23H,3,5,7-15H2. The molecule has 3 atom stereocenters. The molecule has 0 bridgehead atoms. The average Bonchev–Trinajstić information content (AvgIpc) is 3.37. The molecular formula is C21H31NO3. The number of nitrogens with zero attached hydrogens (tertiary/aromatic N) is 1. The Morgan fingerprint density at radius 1 is 1.20 bits per heavy atom. The van der Waals surface area contributed by atoms with Crippen LogP contribution in [0.1, 0.15) is 49.3 Å². The van der Waals surface area contributed by atoms with E-state index >= 15 is 0 Å². The Hall–Kier alpha value is -0.940. The normalized spacial score (nSPS) is 27.4. The number of benzene rings is 1. The van der Waals surface area contributed by atoms with Crippen molar-refractivity contribution in [2.45, 2.75) is 56.8 Å². The summed E-state index contributed by atoms with van der Waals surface area (Å²) in [5, 5.41) is 10.6. The fourth-order valence-corrected chi connectivity index (χ4v) is 4.30. The average molecular weight is 345 g/mol. The van der Waals surface area contributed by atoms with Crippen LogP contribution in [0.5, 0.6) is 0 Å². The fraction of sp³-hybridized carbons (Fsp3) is 0.714. The summed E-state index contributed by atoms with van der Waals surface area (Å²) in [4.78, 5) is 2.47. The number of aryl methyl sites for hydroxylation is 1. The van der Waals surface area contributed by atoms with Gasteiger partial charge in [-0.25, -0.2) is 0 Å². The van der Waals surface area contributed by atoms with Gasteiger partial charge in [-0.1, -0.05) is 24.3 Å². The van der Waals surface area contributed by atoms with Gasteiger partial charge >= 0.3 is 0 Å². The van der Waals surface area contributed by atoms with Gasteiger partial charge in [-0.05, 0) is 55.6 Å². The van der Waals surface area contributed by atoms with Gasteiger partial charge in [0, 0.05) is 25.7 Å². The highest BCUT2D eigenvalue weighted by Crippen LogP contribution is 2.33. The maximum absolute atomic E-state index is 10.6. The first-order chi connectivity index (χ1) is 12.3. The van der Waals surface area contributed by atoms with Gasteiger partial charge in [0.25, 0.3) is 0 Å². The van der Waals surface area contributed by atoms with E-state index in [4.69, 9.17) is 9.47 Å². The number of hydrogen-bond acceptors (Lipinski definition) is 4. The summed E-state index contributed by atoms with van der Waals surface area (Å²) in [6.07, 6.45) is 6.85. The van der Waals surface area contributed by atoms with Crippen LogP contribution in [0.2, 0.25) is 0 Å². The van der Waals surface area contributed by atoms with Gasteiger partial charge in [0.2, 0.25) is 0 Å². The van der Waals surface area contributed by atoms with Crippen molar-refractivity contribution in [2.75, 3.05) is 32.9 Å². The van der Waals surface area contributed by atoms with Crippen LogP contribution in [0.15, 0.2) is 24.3 Å². The minimum absolute atomic E-state index is 0.150. The molecule has 1 aromatic carbocycles. The first kappa shape index (κ1) is 17.5. The molecule has 2 fully saturated rings. The first-order valence-electron chi connectivity index (χ1n) is 9.99. The summed E-state index contributed by atoms with van der Waals surface area (Å²) in [5.74, 6) is 0.638. The van der Waals surface area contributed by atoms with Gasteiger partial charge in [0.15, 0.2) is 0 Å². The van der Waals surface area contributed by atoms with Crippen molar-refractivity contribution in [1.82, 2.24) is 4.90 Å². The zero-order valence-electron chi connectivity index (χ0n) is 15.1. The van der Waals surface area contributed by atoms with Crippen LogP contribution in [0.4, 0.5) is 0 Å². The molecule has 1 heterocycles. The Bertz CT molecular complexity index is 554. The SMILES string of the molecule is OC(COC1CCCc2ccccc21)CN(CC1CCOC1)C1CC1. The van der Waals surface area contributed by atoms with E-state index in [1.165, 1.54) is 30.4 Å². The smallest absolute Gasteiger partial charge is 0.0900 e. The summed E-state index contributed by atoms with van der Waals surface area (Å²) < 4.78 is 11.7. The largest absolute Gasteiger partial charge is 0.389 e. The lowest BCUT2D eigenvalue weighted by atomic mass is 9.89. The van der Waals surface area contributed by atoms with Crippen LogP contribution in [0, 0.1) is 5.92 Å². The Balaban J connectivity index is 1.27. The monoisotopic (exact) mass is 345 g/mol. The molecule has 2 aliphatic carbocycles. The van der Waals surface area contributed by atoms with E-state index in [0.717, 1.165) is 45.6 Å². The molecule has 1 aromatic rings. The lowest BCUT2D eigenvalue weighted by Crippen LogP contribution is -2.39. The van der Waals surface area contributed by atoms with Crippen molar-refractivity contribution in [2.24, 2.45) is 5.92 Å². The molecule has 0 amide bonds. The molecule has 3 unspecified atom stereocenters. The van der Waals surface area contributed by atoms with Crippen LogP contribution in [0.3, 0.4) is 0 Å². The molecule has 4 heteroatoms. The predicted molar refractivity (Wildman–Crippen MR) is 97.6 cm³/mol. The first-order valence-corrected chi connectivity index (χ1v) is 9.99. The van der Waals surface area contributed by atoms with Crippen molar-refractivity contribution in [3.8, 4) is 0 Å². The lowest BCUT2D eigenvalue weighted by molar-refractivity contribution is -0.0303. The Kier molecular flexibility index (Phi) is 5.71. The van der Waals surface area contributed by atoms with Crippen molar-refractivity contribution >= 4 is 0 Å². The highest BCUT2D eigenvalue weighted by molar-refractivity contribution is 5.31. The minimum Gasteiger partial charge on any atom is -0.389 e.